The van der Waals surface area contributed by atoms with Crippen molar-refractivity contribution in [1.29, 1.82) is 5.26 Å². The van der Waals surface area contributed by atoms with E-state index in [0.717, 1.165) is 0 Å². The molecule has 1 aliphatic rings. The van der Waals surface area contributed by atoms with Gasteiger partial charge in [0.15, 0.2) is 0 Å². The summed E-state index contributed by atoms with van der Waals surface area (Å²) in [6.45, 7) is 1.99. The highest BCUT2D eigenvalue weighted by Gasteiger charge is 2.32. The Morgan fingerprint density at radius 3 is 1.87 bits per heavy atom. The lowest BCUT2D eigenvalue weighted by molar-refractivity contribution is 0.156. The zero-order valence-electron chi connectivity index (χ0n) is 16.9. The second kappa shape index (κ2) is 9.21. The minimum atomic E-state index is -3.68. The van der Waals surface area contributed by atoms with Gasteiger partial charge in [-0.3, -0.25) is 4.90 Å². The quantitative estimate of drug-likeness (QED) is 0.580. The van der Waals surface area contributed by atoms with Gasteiger partial charge in [0, 0.05) is 26.2 Å². The minimum Gasteiger partial charge on any atom is -0.290 e. The molecule has 0 radical (unpaired) electrons. The number of rotatable bonds is 5. The van der Waals surface area contributed by atoms with E-state index in [1.54, 1.807) is 0 Å². The highest BCUT2D eigenvalue weighted by atomic mass is 35.5. The Kier molecular flexibility index (Phi) is 6.40. The van der Waals surface area contributed by atoms with E-state index in [0.29, 0.717) is 26.2 Å². The van der Waals surface area contributed by atoms with Gasteiger partial charge in [-0.2, -0.15) is 9.57 Å². The molecule has 1 fully saturated rings. The van der Waals surface area contributed by atoms with Crippen molar-refractivity contribution in [1.82, 2.24) is 9.21 Å². The number of hydrogen-bond acceptors (Lipinski definition) is 4. The van der Waals surface area contributed by atoms with Gasteiger partial charge in [-0.1, -0.05) is 72.3 Å². The molecule has 0 aromatic heterocycles. The van der Waals surface area contributed by atoms with Crippen LogP contribution in [0.1, 0.15) is 22.7 Å². The highest BCUT2D eigenvalue weighted by molar-refractivity contribution is 7.89. The molecule has 0 bridgehead atoms. The SMILES string of the molecule is N#Cc1ccc(S(=O)(=O)N2CCN(C(c3ccccc3)c3ccccc3)CC2)cc1Cl. The summed E-state index contributed by atoms with van der Waals surface area (Å²) >= 11 is 6.06. The van der Waals surface area contributed by atoms with Crippen LogP contribution in [-0.4, -0.2) is 43.8 Å². The predicted molar refractivity (Wildman–Crippen MR) is 121 cm³/mol. The molecule has 158 valence electrons. The summed E-state index contributed by atoms with van der Waals surface area (Å²) in [4.78, 5) is 2.44. The molecular weight excluding hydrogens is 430 g/mol. The summed E-state index contributed by atoms with van der Waals surface area (Å²) in [5.74, 6) is 0. The first-order chi connectivity index (χ1) is 15.0. The van der Waals surface area contributed by atoms with Crippen LogP contribution in [0.25, 0.3) is 0 Å². The molecule has 1 heterocycles. The maximum absolute atomic E-state index is 13.1. The molecule has 5 nitrogen and oxygen atoms in total. The zero-order chi connectivity index (χ0) is 21.8. The summed E-state index contributed by atoms with van der Waals surface area (Å²) in [5, 5.41) is 9.18. The molecule has 0 saturated carbocycles. The van der Waals surface area contributed by atoms with Crippen LogP contribution in [0.4, 0.5) is 0 Å². The van der Waals surface area contributed by atoms with Crippen LogP contribution < -0.4 is 0 Å². The normalized spacial score (nSPS) is 15.6. The van der Waals surface area contributed by atoms with Crippen LogP contribution in [0.3, 0.4) is 0 Å². The van der Waals surface area contributed by atoms with E-state index in [9.17, 15) is 8.42 Å². The Bertz CT molecular complexity index is 1150. The van der Waals surface area contributed by atoms with Crippen molar-refractivity contribution in [3.63, 3.8) is 0 Å². The summed E-state index contributed by atoms with van der Waals surface area (Å²) in [6.07, 6.45) is 0. The van der Waals surface area contributed by atoms with Gasteiger partial charge in [-0.05, 0) is 29.3 Å². The predicted octanol–water partition coefficient (Wildman–Crippen LogP) is 4.31. The maximum Gasteiger partial charge on any atom is 0.243 e. The third kappa shape index (κ3) is 4.51. The Labute approximate surface area is 188 Å². The van der Waals surface area contributed by atoms with Crippen LogP contribution in [-0.2, 0) is 10.0 Å². The van der Waals surface area contributed by atoms with E-state index in [-0.39, 0.29) is 21.5 Å². The standard InChI is InChI=1S/C24H22ClN3O2S/c25-23-17-22(12-11-21(23)18-26)31(29,30)28-15-13-27(14-16-28)24(19-7-3-1-4-8-19)20-9-5-2-6-10-20/h1-12,17,24H,13-16H2. The molecule has 0 amide bonds. The average molecular weight is 452 g/mol. The molecule has 0 spiro atoms. The molecule has 0 unspecified atom stereocenters. The largest absolute Gasteiger partial charge is 0.290 e. The molecule has 0 atom stereocenters. The Morgan fingerprint density at radius 1 is 0.839 bits per heavy atom. The molecule has 1 aliphatic heterocycles. The second-order valence-corrected chi connectivity index (χ2v) is 9.76. The van der Waals surface area contributed by atoms with Gasteiger partial charge in [-0.15, -0.1) is 0 Å². The Morgan fingerprint density at radius 2 is 1.39 bits per heavy atom. The van der Waals surface area contributed by atoms with Crippen LogP contribution in [0.15, 0.2) is 83.8 Å². The highest BCUT2D eigenvalue weighted by Crippen LogP contribution is 2.31. The number of halogens is 1. The van der Waals surface area contributed by atoms with Crippen molar-refractivity contribution in [3.8, 4) is 6.07 Å². The molecular formula is C24H22ClN3O2S. The van der Waals surface area contributed by atoms with Crippen molar-refractivity contribution in [2.75, 3.05) is 26.2 Å². The van der Waals surface area contributed by atoms with Gasteiger partial charge in [0.05, 0.1) is 21.5 Å². The fraction of sp³-hybridized carbons (Fsp3) is 0.208. The number of hydrogen-bond donors (Lipinski definition) is 0. The number of nitrogens with zero attached hydrogens (tertiary/aromatic N) is 3. The van der Waals surface area contributed by atoms with Crippen LogP contribution >= 0.6 is 11.6 Å². The number of piperazine rings is 1. The molecule has 0 aliphatic carbocycles. The smallest absolute Gasteiger partial charge is 0.243 e. The molecule has 3 aromatic rings. The minimum absolute atomic E-state index is 0.0663. The van der Waals surface area contributed by atoms with Crippen LogP contribution in [0.2, 0.25) is 5.02 Å². The van der Waals surface area contributed by atoms with Gasteiger partial charge in [0.2, 0.25) is 10.0 Å². The lowest BCUT2D eigenvalue weighted by Crippen LogP contribution is -2.49. The monoisotopic (exact) mass is 451 g/mol. The van der Waals surface area contributed by atoms with E-state index < -0.39 is 10.0 Å². The van der Waals surface area contributed by atoms with Gasteiger partial charge >= 0.3 is 0 Å². The first kappa shape index (κ1) is 21.5. The van der Waals surface area contributed by atoms with E-state index in [1.165, 1.54) is 33.6 Å². The van der Waals surface area contributed by atoms with E-state index in [2.05, 4.69) is 29.2 Å². The third-order valence-electron chi connectivity index (χ3n) is 5.57. The Hall–Kier alpha value is -2.69. The lowest BCUT2D eigenvalue weighted by atomic mass is 9.96. The van der Waals surface area contributed by atoms with Crippen molar-refractivity contribution in [3.05, 3.63) is 101 Å². The van der Waals surface area contributed by atoms with Crippen molar-refractivity contribution in [2.45, 2.75) is 10.9 Å². The average Bonchev–Trinajstić information content (AvgIpc) is 2.81. The van der Waals surface area contributed by atoms with E-state index in [4.69, 9.17) is 16.9 Å². The van der Waals surface area contributed by atoms with Crippen molar-refractivity contribution < 1.29 is 8.42 Å². The fourth-order valence-electron chi connectivity index (χ4n) is 3.98. The fourth-order valence-corrected chi connectivity index (χ4v) is 5.72. The molecule has 1 saturated heterocycles. The number of nitriles is 1. The number of sulfonamides is 1. The lowest BCUT2D eigenvalue weighted by Gasteiger charge is -2.39. The van der Waals surface area contributed by atoms with Gasteiger partial charge in [0.25, 0.3) is 0 Å². The third-order valence-corrected chi connectivity index (χ3v) is 7.78. The van der Waals surface area contributed by atoms with Gasteiger partial charge in [0.1, 0.15) is 6.07 Å². The van der Waals surface area contributed by atoms with E-state index >= 15 is 0 Å². The maximum atomic E-state index is 13.1. The zero-order valence-corrected chi connectivity index (χ0v) is 18.4. The molecule has 0 N–H and O–H groups in total. The van der Waals surface area contributed by atoms with Crippen molar-refractivity contribution in [2.24, 2.45) is 0 Å². The second-order valence-electron chi connectivity index (χ2n) is 7.42. The first-order valence-electron chi connectivity index (χ1n) is 10.0. The number of benzene rings is 3. The summed E-state index contributed by atoms with van der Waals surface area (Å²) in [7, 11) is -3.68. The van der Waals surface area contributed by atoms with Crippen LogP contribution in [0, 0.1) is 11.3 Å². The molecule has 4 rings (SSSR count). The van der Waals surface area contributed by atoms with Crippen LogP contribution in [0.5, 0.6) is 0 Å². The summed E-state index contributed by atoms with van der Waals surface area (Å²) in [6, 6.07) is 26.8. The first-order valence-corrected chi connectivity index (χ1v) is 11.9. The van der Waals surface area contributed by atoms with Gasteiger partial charge < -0.3 is 0 Å². The van der Waals surface area contributed by atoms with Crippen molar-refractivity contribution >= 4 is 21.6 Å². The van der Waals surface area contributed by atoms with Gasteiger partial charge in [-0.25, -0.2) is 8.42 Å². The summed E-state index contributed by atoms with van der Waals surface area (Å²) < 4.78 is 27.7. The Balaban J connectivity index is 1.55. The topological polar surface area (TPSA) is 64.4 Å². The molecule has 31 heavy (non-hydrogen) atoms. The van der Waals surface area contributed by atoms with E-state index in [1.807, 2.05) is 42.5 Å². The molecule has 7 heteroatoms. The molecule has 3 aromatic carbocycles. The summed E-state index contributed by atoms with van der Waals surface area (Å²) in [5.41, 5.74) is 2.63.